The van der Waals surface area contributed by atoms with Crippen LogP contribution in [0.15, 0.2) is 24.5 Å². The number of amides is 1. The van der Waals surface area contributed by atoms with Gasteiger partial charge in [0.1, 0.15) is 0 Å². The first-order valence-corrected chi connectivity index (χ1v) is 7.27. The summed E-state index contributed by atoms with van der Waals surface area (Å²) >= 11 is 0. The van der Waals surface area contributed by atoms with Crippen molar-refractivity contribution in [1.82, 2.24) is 20.2 Å². The first-order valence-electron chi connectivity index (χ1n) is 7.27. The highest BCUT2D eigenvalue weighted by Gasteiger charge is 2.36. The molecule has 2 aliphatic heterocycles. The molecule has 2 fully saturated rings. The van der Waals surface area contributed by atoms with E-state index in [1.807, 2.05) is 23.1 Å². The minimum atomic E-state index is 0.137. The van der Waals surface area contributed by atoms with Gasteiger partial charge in [0.05, 0.1) is 17.4 Å². The number of carbonyl (C=O) groups is 1. The van der Waals surface area contributed by atoms with E-state index in [1.165, 1.54) is 12.8 Å². The number of H-pyrrole nitrogens is 1. The highest BCUT2D eigenvalue weighted by molar-refractivity contribution is 5.97. The summed E-state index contributed by atoms with van der Waals surface area (Å²) in [7, 11) is 0. The number of nitrogens with zero attached hydrogens (tertiary/aromatic N) is 2. The average molecular weight is 270 g/mol. The lowest BCUT2D eigenvalue weighted by atomic mass is 9.94. The molecule has 0 bridgehead atoms. The largest absolute Gasteiger partial charge is 0.345 e. The van der Waals surface area contributed by atoms with Crippen LogP contribution in [0.3, 0.4) is 0 Å². The molecule has 2 aliphatic rings. The van der Waals surface area contributed by atoms with Crippen molar-refractivity contribution in [2.45, 2.75) is 18.9 Å². The van der Waals surface area contributed by atoms with Crippen LogP contribution in [0.25, 0.3) is 11.0 Å². The Morgan fingerprint density at radius 2 is 2.30 bits per heavy atom. The van der Waals surface area contributed by atoms with E-state index in [4.69, 9.17) is 0 Å². The molecular weight excluding hydrogens is 252 g/mol. The summed E-state index contributed by atoms with van der Waals surface area (Å²) in [5, 5.41) is 3.53. The Morgan fingerprint density at radius 3 is 3.20 bits per heavy atom. The summed E-state index contributed by atoms with van der Waals surface area (Å²) in [4.78, 5) is 21.9. The van der Waals surface area contributed by atoms with Gasteiger partial charge >= 0.3 is 0 Å². The number of carbonyl (C=O) groups excluding carboxylic acids is 1. The highest BCUT2D eigenvalue weighted by atomic mass is 16.2. The standard InChI is InChI=1S/C15H18N4O/c20-15(10-3-4-12-13(6-10)18-9-17-12)19-7-11-2-1-5-16-14(11)8-19/h3-4,6,9,11,14,16H,1-2,5,7-8H2,(H,17,18). The van der Waals surface area contributed by atoms with Crippen molar-refractivity contribution < 1.29 is 4.79 Å². The van der Waals surface area contributed by atoms with Crippen molar-refractivity contribution in [3.8, 4) is 0 Å². The smallest absolute Gasteiger partial charge is 0.253 e. The molecule has 2 unspecified atom stereocenters. The van der Waals surface area contributed by atoms with Crippen LogP contribution < -0.4 is 5.32 Å². The summed E-state index contributed by atoms with van der Waals surface area (Å²) < 4.78 is 0. The van der Waals surface area contributed by atoms with Gasteiger partial charge in [-0.3, -0.25) is 4.79 Å². The van der Waals surface area contributed by atoms with E-state index in [-0.39, 0.29) is 5.91 Å². The van der Waals surface area contributed by atoms with Crippen LogP contribution in [0.2, 0.25) is 0 Å². The van der Waals surface area contributed by atoms with Crippen LogP contribution in [-0.4, -0.2) is 46.5 Å². The fraction of sp³-hybridized carbons (Fsp3) is 0.467. The number of benzene rings is 1. The number of piperidine rings is 1. The lowest BCUT2D eigenvalue weighted by Crippen LogP contribution is -2.41. The Bertz CT molecular complexity index is 636. The second kappa shape index (κ2) is 4.59. The van der Waals surface area contributed by atoms with Crippen molar-refractivity contribution in [2.75, 3.05) is 19.6 Å². The molecule has 2 aromatic rings. The van der Waals surface area contributed by atoms with Gasteiger partial charge in [-0.05, 0) is 43.5 Å². The van der Waals surface area contributed by atoms with E-state index in [2.05, 4.69) is 15.3 Å². The monoisotopic (exact) mass is 270 g/mol. The SMILES string of the molecule is O=C(c1ccc2nc[nH]c2c1)N1CC2CCCNC2C1. The topological polar surface area (TPSA) is 61.0 Å². The first-order chi connectivity index (χ1) is 9.81. The molecule has 20 heavy (non-hydrogen) atoms. The van der Waals surface area contributed by atoms with Crippen LogP contribution in [-0.2, 0) is 0 Å². The number of fused-ring (bicyclic) bond motifs is 2. The van der Waals surface area contributed by atoms with E-state index in [1.54, 1.807) is 6.33 Å². The molecule has 2 saturated heterocycles. The molecule has 1 amide bonds. The molecule has 4 rings (SSSR count). The summed E-state index contributed by atoms with van der Waals surface area (Å²) in [6.07, 6.45) is 4.12. The Balaban J connectivity index is 1.57. The first kappa shape index (κ1) is 11.9. The van der Waals surface area contributed by atoms with Crippen molar-refractivity contribution in [3.63, 3.8) is 0 Å². The molecule has 5 heteroatoms. The number of hydrogen-bond donors (Lipinski definition) is 2. The number of imidazole rings is 1. The van der Waals surface area contributed by atoms with Crippen LogP contribution in [0, 0.1) is 5.92 Å². The zero-order chi connectivity index (χ0) is 13.5. The lowest BCUT2D eigenvalue weighted by Gasteiger charge is -2.24. The third kappa shape index (κ3) is 1.89. The zero-order valence-electron chi connectivity index (χ0n) is 11.3. The quantitative estimate of drug-likeness (QED) is 0.823. The van der Waals surface area contributed by atoms with Gasteiger partial charge in [0, 0.05) is 24.7 Å². The Hall–Kier alpha value is -1.88. The maximum Gasteiger partial charge on any atom is 0.253 e. The molecule has 1 aromatic carbocycles. The minimum absolute atomic E-state index is 0.137. The molecule has 1 aromatic heterocycles. The van der Waals surface area contributed by atoms with Crippen LogP contribution >= 0.6 is 0 Å². The van der Waals surface area contributed by atoms with Crippen LogP contribution in [0.5, 0.6) is 0 Å². The molecule has 2 atom stereocenters. The molecule has 0 radical (unpaired) electrons. The molecule has 0 spiro atoms. The van der Waals surface area contributed by atoms with Gasteiger partial charge in [-0.25, -0.2) is 4.98 Å². The fourth-order valence-electron chi connectivity index (χ4n) is 3.46. The van der Waals surface area contributed by atoms with Gasteiger partial charge in [-0.2, -0.15) is 0 Å². The van der Waals surface area contributed by atoms with Gasteiger partial charge in [0.25, 0.3) is 5.91 Å². The third-order valence-corrected chi connectivity index (χ3v) is 4.55. The van der Waals surface area contributed by atoms with Crippen LogP contribution in [0.1, 0.15) is 23.2 Å². The second-order valence-corrected chi connectivity index (χ2v) is 5.81. The Labute approximate surface area is 117 Å². The molecule has 2 N–H and O–H groups in total. The third-order valence-electron chi connectivity index (χ3n) is 4.55. The van der Waals surface area contributed by atoms with Gasteiger partial charge in [0.2, 0.25) is 0 Å². The molecule has 5 nitrogen and oxygen atoms in total. The number of hydrogen-bond acceptors (Lipinski definition) is 3. The van der Waals surface area contributed by atoms with E-state index < -0.39 is 0 Å². The fourth-order valence-corrected chi connectivity index (χ4v) is 3.46. The van der Waals surface area contributed by atoms with Crippen LogP contribution in [0.4, 0.5) is 0 Å². The van der Waals surface area contributed by atoms with Crippen molar-refractivity contribution >= 4 is 16.9 Å². The van der Waals surface area contributed by atoms with Gasteiger partial charge < -0.3 is 15.2 Å². The normalized spacial score (nSPS) is 25.9. The maximum absolute atomic E-state index is 12.6. The predicted octanol–water partition coefficient (Wildman–Crippen LogP) is 1.39. The second-order valence-electron chi connectivity index (χ2n) is 5.81. The molecule has 104 valence electrons. The predicted molar refractivity (Wildman–Crippen MR) is 76.5 cm³/mol. The van der Waals surface area contributed by atoms with E-state index in [0.29, 0.717) is 12.0 Å². The summed E-state index contributed by atoms with van der Waals surface area (Å²) in [6.45, 7) is 2.81. The summed E-state index contributed by atoms with van der Waals surface area (Å²) in [5.41, 5.74) is 2.57. The Morgan fingerprint density at radius 1 is 1.35 bits per heavy atom. The number of likely N-dealkylation sites (tertiary alicyclic amines) is 1. The number of aromatic amines is 1. The number of rotatable bonds is 1. The maximum atomic E-state index is 12.6. The van der Waals surface area contributed by atoms with Crippen molar-refractivity contribution in [1.29, 1.82) is 0 Å². The summed E-state index contributed by atoms with van der Waals surface area (Å²) in [6, 6.07) is 6.17. The average Bonchev–Trinajstić information content (AvgIpc) is 3.11. The van der Waals surface area contributed by atoms with E-state index >= 15 is 0 Å². The summed E-state index contributed by atoms with van der Waals surface area (Å²) in [5.74, 6) is 0.765. The lowest BCUT2D eigenvalue weighted by molar-refractivity contribution is 0.0786. The van der Waals surface area contributed by atoms with Crippen molar-refractivity contribution in [3.05, 3.63) is 30.1 Å². The van der Waals surface area contributed by atoms with Gasteiger partial charge in [-0.15, -0.1) is 0 Å². The van der Waals surface area contributed by atoms with Gasteiger partial charge in [-0.1, -0.05) is 0 Å². The minimum Gasteiger partial charge on any atom is -0.345 e. The van der Waals surface area contributed by atoms with E-state index in [9.17, 15) is 4.79 Å². The number of aromatic nitrogens is 2. The number of nitrogens with one attached hydrogen (secondary N) is 2. The van der Waals surface area contributed by atoms with Crippen molar-refractivity contribution in [2.24, 2.45) is 5.92 Å². The van der Waals surface area contributed by atoms with Gasteiger partial charge in [0.15, 0.2) is 0 Å². The highest BCUT2D eigenvalue weighted by Crippen LogP contribution is 2.26. The Kier molecular flexibility index (Phi) is 2.73. The molecule has 3 heterocycles. The molecule has 0 saturated carbocycles. The molecular formula is C15H18N4O. The molecule has 0 aliphatic carbocycles. The zero-order valence-corrected chi connectivity index (χ0v) is 11.3. The van der Waals surface area contributed by atoms with E-state index in [0.717, 1.165) is 36.2 Å².